The van der Waals surface area contributed by atoms with Crippen LogP contribution in [0.4, 0.5) is 10.1 Å². The van der Waals surface area contributed by atoms with Gasteiger partial charge < -0.3 is 15.2 Å². The van der Waals surface area contributed by atoms with E-state index in [1.807, 2.05) is 13.0 Å². The third kappa shape index (κ3) is 3.46. The zero-order valence-corrected chi connectivity index (χ0v) is 17.4. The highest BCUT2D eigenvalue weighted by atomic mass is 19.1. The summed E-state index contributed by atoms with van der Waals surface area (Å²) in [5.41, 5.74) is 2.76. The SMILES string of the molecule is CCc1cn2nc(CN3CCN(c4cnc(C(=O)NC)c(F)c4)C4CC43)cc2[nH]c1=O. The van der Waals surface area contributed by atoms with Crippen LogP contribution in [0.5, 0.6) is 0 Å². The van der Waals surface area contributed by atoms with Gasteiger partial charge >= 0.3 is 0 Å². The van der Waals surface area contributed by atoms with Crippen molar-refractivity contribution in [2.24, 2.45) is 0 Å². The summed E-state index contributed by atoms with van der Waals surface area (Å²) in [5.74, 6) is -1.14. The molecule has 3 aromatic heterocycles. The van der Waals surface area contributed by atoms with Crippen LogP contribution >= 0.6 is 0 Å². The van der Waals surface area contributed by atoms with Crippen LogP contribution in [0.3, 0.4) is 0 Å². The van der Waals surface area contributed by atoms with Gasteiger partial charge in [-0.15, -0.1) is 0 Å². The summed E-state index contributed by atoms with van der Waals surface area (Å²) >= 11 is 0. The number of rotatable bonds is 5. The van der Waals surface area contributed by atoms with Gasteiger partial charge in [0.25, 0.3) is 11.5 Å². The van der Waals surface area contributed by atoms with Crippen LogP contribution in [0.2, 0.25) is 0 Å². The van der Waals surface area contributed by atoms with Crippen LogP contribution in [0.1, 0.15) is 35.1 Å². The van der Waals surface area contributed by atoms with E-state index in [4.69, 9.17) is 0 Å². The fraction of sp³-hybridized carbons (Fsp3) is 0.429. The van der Waals surface area contributed by atoms with E-state index in [0.29, 0.717) is 41.9 Å². The van der Waals surface area contributed by atoms with Crippen LogP contribution in [0, 0.1) is 5.82 Å². The molecule has 1 saturated heterocycles. The van der Waals surface area contributed by atoms with Crippen molar-refractivity contribution in [3.63, 3.8) is 0 Å². The zero-order chi connectivity index (χ0) is 21.7. The molecule has 2 atom stereocenters. The smallest absolute Gasteiger partial charge is 0.272 e. The lowest BCUT2D eigenvalue weighted by atomic mass is 10.2. The zero-order valence-electron chi connectivity index (χ0n) is 17.4. The largest absolute Gasteiger partial charge is 0.364 e. The first-order valence-corrected chi connectivity index (χ1v) is 10.5. The Kier molecular flexibility index (Phi) is 4.73. The van der Waals surface area contributed by atoms with Crippen LogP contribution in [-0.4, -0.2) is 62.6 Å². The Morgan fingerprint density at radius 3 is 2.90 bits per heavy atom. The van der Waals surface area contributed by atoms with Crippen LogP contribution < -0.4 is 15.8 Å². The third-order valence-electron chi connectivity index (χ3n) is 6.17. The molecule has 1 saturated carbocycles. The van der Waals surface area contributed by atoms with Crippen molar-refractivity contribution in [1.82, 2.24) is 29.8 Å². The number of aromatic nitrogens is 4. The number of aromatic amines is 1. The standard InChI is InChI=1S/C21H24FN7O2/c1-3-12-10-29-18(25-20(12)30)6-13(26-29)11-27-4-5-28(17-8-16(17)27)14-7-15(22)19(24-9-14)21(31)23-2/h6-7,9-10,16-17H,3-5,8,11H2,1-2H3,(H,23,31)(H,25,30). The predicted molar refractivity (Wildman–Crippen MR) is 113 cm³/mol. The normalized spacial score (nSPS) is 20.7. The first kappa shape index (κ1) is 19.7. The fourth-order valence-electron chi connectivity index (χ4n) is 4.43. The molecule has 0 spiro atoms. The Labute approximate surface area is 177 Å². The Bertz CT molecular complexity index is 1220. The van der Waals surface area contributed by atoms with Gasteiger partial charge in [-0.2, -0.15) is 5.10 Å². The molecule has 162 valence electrons. The van der Waals surface area contributed by atoms with Gasteiger partial charge in [0.05, 0.1) is 17.6 Å². The second kappa shape index (κ2) is 7.45. The predicted octanol–water partition coefficient (Wildman–Crippen LogP) is 0.942. The van der Waals surface area contributed by atoms with Crippen LogP contribution in [-0.2, 0) is 13.0 Å². The second-order valence-electron chi connectivity index (χ2n) is 8.06. The topological polar surface area (TPSA) is 98.6 Å². The van der Waals surface area contributed by atoms with E-state index < -0.39 is 11.7 Å². The summed E-state index contributed by atoms with van der Waals surface area (Å²) in [6.45, 7) is 4.19. The summed E-state index contributed by atoms with van der Waals surface area (Å²) in [6, 6.07) is 3.98. The highest BCUT2D eigenvalue weighted by Crippen LogP contribution is 2.40. The van der Waals surface area contributed by atoms with Gasteiger partial charge in [0.2, 0.25) is 0 Å². The Hall–Kier alpha value is -3.27. The van der Waals surface area contributed by atoms with Crippen molar-refractivity contribution >= 4 is 17.2 Å². The van der Waals surface area contributed by atoms with Gasteiger partial charge in [-0.3, -0.25) is 14.5 Å². The van der Waals surface area contributed by atoms with Crippen LogP contribution in [0.15, 0.2) is 29.3 Å². The molecular weight excluding hydrogens is 401 g/mol. The number of piperazine rings is 1. The molecule has 0 radical (unpaired) electrons. The quantitative estimate of drug-likeness (QED) is 0.632. The highest BCUT2D eigenvalue weighted by Gasteiger charge is 2.49. The number of aryl methyl sites for hydroxylation is 1. The molecule has 9 nitrogen and oxygen atoms in total. The lowest BCUT2D eigenvalue weighted by Crippen LogP contribution is -2.46. The molecule has 0 aromatic carbocycles. The van der Waals surface area contributed by atoms with Gasteiger partial charge in [0.1, 0.15) is 5.65 Å². The lowest BCUT2D eigenvalue weighted by Gasteiger charge is -2.35. The average Bonchev–Trinajstić information content (AvgIpc) is 3.47. The summed E-state index contributed by atoms with van der Waals surface area (Å²) in [4.78, 5) is 35.2. The number of halogens is 1. The Morgan fingerprint density at radius 1 is 1.32 bits per heavy atom. The highest BCUT2D eigenvalue weighted by molar-refractivity contribution is 5.92. The number of fused-ring (bicyclic) bond motifs is 2. The van der Waals surface area contributed by atoms with Crippen molar-refractivity contribution in [2.75, 3.05) is 25.0 Å². The van der Waals surface area contributed by atoms with E-state index >= 15 is 0 Å². The number of hydrogen-bond acceptors (Lipinski definition) is 6. The van der Waals surface area contributed by atoms with Gasteiger partial charge in [-0.25, -0.2) is 13.9 Å². The molecule has 1 aliphatic heterocycles. The van der Waals surface area contributed by atoms with Crippen molar-refractivity contribution in [3.05, 3.63) is 57.6 Å². The maximum atomic E-state index is 14.3. The molecule has 5 rings (SSSR count). The molecule has 2 aliphatic rings. The maximum Gasteiger partial charge on any atom is 0.272 e. The molecule has 2 N–H and O–H groups in total. The van der Waals surface area contributed by atoms with Crippen molar-refractivity contribution < 1.29 is 9.18 Å². The summed E-state index contributed by atoms with van der Waals surface area (Å²) in [7, 11) is 1.45. The molecule has 0 bridgehead atoms. The molecule has 3 aromatic rings. The summed E-state index contributed by atoms with van der Waals surface area (Å²) in [5, 5.41) is 7.02. The molecule has 31 heavy (non-hydrogen) atoms. The van der Waals surface area contributed by atoms with Crippen molar-refractivity contribution in [1.29, 1.82) is 0 Å². The molecule has 1 aliphatic carbocycles. The van der Waals surface area contributed by atoms with Gasteiger partial charge in [-0.1, -0.05) is 6.92 Å². The van der Waals surface area contributed by atoms with E-state index in [2.05, 4.69) is 30.2 Å². The number of amides is 1. The molecule has 10 heteroatoms. The lowest BCUT2D eigenvalue weighted by molar-refractivity contribution is 0.0953. The van der Waals surface area contributed by atoms with E-state index in [-0.39, 0.29) is 11.3 Å². The number of hydrogen-bond donors (Lipinski definition) is 2. The minimum absolute atomic E-state index is 0.0689. The van der Waals surface area contributed by atoms with E-state index in [1.165, 1.54) is 13.1 Å². The number of pyridine rings is 1. The number of nitrogens with zero attached hydrogens (tertiary/aromatic N) is 5. The molecular formula is C21H24FN7O2. The van der Waals surface area contributed by atoms with E-state index in [9.17, 15) is 14.0 Å². The third-order valence-corrected chi connectivity index (χ3v) is 6.17. The van der Waals surface area contributed by atoms with Crippen LogP contribution in [0.25, 0.3) is 5.65 Å². The number of nitrogens with one attached hydrogen (secondary N) is 2. The van der Waals surface area contributed by atoms with E-state index in [0.717, 1.165) is 25.2 Å². The molecule has 1 amide bonds. The van der Waals surface area contributed by atoms with Crippen molar-refractivity contribution in [3.8, 4) is 0 Å². The van der Waals surface area contributed by atoms with Gasteiger partial charge in [-0.05, 0) is 12.8 Å². The Morgan fingerprint density at radius 2 is 2.16 bits per heavy atom. The second-order valence-corrected chi connectivity index (χ2v) is 8.06. The molecule has 2 fully saturated rings. The minimum Gasteiger partial charge on any atom is -0.364 e. The first-order chi connectivity index (χ1) is 15.0. The number of H-pyrrole nitrogens is 1. The molecule has 4 heterocycles. The maximum absolute atomic E-state index is 14.3. The average molecular weight is 425 g/mol. The minimum atomic E-state index is -0.610. The summed E-state index contributed by atoms with van der Waals surface area (Å²) < 4.78 is 16.1. The van der Waals surface area contributed by atoms with Crippen molar-refractivity contribution in [2.45, 2.75) is 38.4 Å². The first-order valence-electron chi connectivity index (χ1n) is 10.5. The molecule has 2 unspecified atom stereocenters. The number of carbonyl (C=O) groups excluding carboxylic acids is 1. The Balaban J connectivity index is 1.29. The fourth-order valence-corrected chi connectivity index (χ4v) is 4.43. The monoisotopic (exact) mass is 425 g/mol. The van der Waals surface area contributed by atoms with E-state index in [1.54, 1.807) is 16.9 Å². The number of carbonyl (C=O) groups is 1. The van der Waals surface area contributed by atoms with Gasteiger partial charge in [0, 0.05) is 62.7 Å². The van der Waals surface area contributed by atoms with Gasteiger partial charge in [0.15, 0.2) is 11.5 Å². The summed E-state index contributed by atoms with van der Waals surface area (Å²) in [6.07, 6.45) is 5.01. The number of anilines is 1.